The summed E-state index contributed by atoms with van der Waals surface area (Å²) < 4.78 is 0. The molecule has 2 heteroatoms. The molecule has 0 amide bonds. The van der Waals surface area contributed by atoms with Gasteiger partial charge in [0.15, 0.2) is 0 Å². The highest BCUT2D eigenvalue weighted by Crippen LogP contribution is 2.66. The van der Waals surface area contributed by atoms with Crippen LogP contribution in [0.15, 0.2) is 0 Å². The van der Waals surface area contributed by atoms with Crippen LogP contribution in [-0.4, -0.2) is 21.9 Å². The van der Waals surface area contributed by atoms with E-state index in [4.69, 9.17) is 0 Å². The van der Waals surface area contributed by atoms with E-state index in [1.807, 2.05) is 0 Å². The lowest BCUT2D eigenvalue weighted by molar-refractivity contribution is 0.0447. The average Bonchev–Trinajstić information content (AvgIpc) is 2.59. The third-order valence-corrected chi connectivity index (χ3v) is 4.11. The lowest BCUT2D eigenvalue weighted by atomic mass is 9.82. The maximum atomic E-state index is 9.95. The summed E-state index contributed by atoms with van der Waals surface area (Å²) in [4.78, 5) is 0. The monoisotopic (exact) mass is 154 g/mol. The van der Waals surface area contributed by atoms with Crippen molar-refractivity contribution in [2.75, 3.05) is 0 Å². The minimum absolute atomic E-state index is 0.104. The van der Waals surface area contributed by atoms with Gasteiger partial charge < -0.3 is 10.2 Å². The van der Waals surface area contributed by atoms with E-state index in [1.54, 1.807) is 0 Å². The van der Waals surface area contributed by atoms with Crippen molar-refractivity contribution in [1.29, 1.82) is 0 Å². The number of hydrogen-bond donors (Lipinski definition) is 2. The Kier molecular flexibility index (Phi) is 0.961. The zero-order valence-corrected chi connectivity index (χ0v) is 6.53. The Bertz CT molecular complexity index is 204. The first-order valence-electron chi connectivity index (χ1n) is 4.62. The zero-order valence-electron chi connectivity index (χ0n) is 6.53. The van der Waals surface area contributed by atoms with Crippen LogP contribution in [0.1, 0.15) is 25.7 Å². The SMILES string of the molecule is OC1CCC2CC1C1CC21O. The van der Waals surface area contributed by atoms with Gasteiger partial charge in [0.1, 0.15) is 0 Å². The van der Waals surface area contributed by atoms with E-state index in [-0.39, 0.29) is 11.7 Å². The molecule has 0 heterocycles. The largest absolute Gasteiger partial charge is 0.393 e. The highest BCUT2D eigenvalue weighted by atomic mass is 16.3. The molecule has 0 spiro atoms. The Balaban J connectivity index is 1.94. The molecule has 0 saturated heterocycles. The molecule has 5 atom stereocenters. The Hall–Kier alpha value is -0.0800. The lowest BCUT2D eigenvalue weighted by Gasteiger charge is -2.28. The van der Waals surface area contributed by atoms with E-state index >= 15 is 0 Å². The van der Waals surface area contributed by atoms with Crippen molar-refractivity contribution < 1.29 is 10.2 Å². The normalized spacial score (nSPS) is 66.0. The second-order valence-electron chi connectivity index (χ2n) is 4.54. The predicted molar refractivity (Wildman–Crippen MR) is 39.9 cm³/mol. The molecule has 3 saturated carbocycles. The van der Waals surface area contributed by atoms with Crippen molar-refractivity contribution >= 4 is 0 Å². The van der Waals surface area contributed by atoms with E-state index in [2.05, 4.69) is 0 Å². The van der Waals surface area contributed by atoms with Gasteiger partial charge in [-0.2, -0.15) is 0 Å². The minimum atomic E-state index is -0.317. The Labute approximate surface area is 66.2 Å². The summed E-state index contributed by atoms with van der Waals surface area (Å²) in [5.41, 5.74) is -0.317. The molecule has 3 aliphatic rings. The van der Waals surface area contributed by atoms with Crippen molar-refractivity contribution in [3.63, 3.8) is 0 Å². The predicted octanol–water partition coefficient (Wildman–Crippen LogP) is 0.528. The molecular formula is C9H14O2. The Morgan fingerprint density at radius 2 is 2.09 bits per heavy atom. The number of aliphatic hydroxyl groups is 2. The average molecular weight is 154 g/mol. The summed E-state index contributed by atoms with van der Waals surface area (Å²) in [5, 5.41) is 19.5. The standard InChI is InChI=1S/C9H14O2/c10-8-2-1-5-3-6(8)7-4-9(5,7)11/h5-8,10-11H,1-4H2. The van der Waals surface area contributed by atoms with Crippen molar-refractivity contribution in [3.8, 4) is 0 Å². The number of rotatable bonds is 0. The van der Waals surface area contributed by atoms with Gasteiger partial charge in [-0.15, -0.1) is 0 Å². The third-order valence-electron chi connectivity index (χ3n) is 4.11. The summed E-state index contributed by atoms with van der Waals surface area (Å²) in [6.45, 7) is 0. The van der Waals surface area contributed by atoms with Crippen molar-refractivity contribution in [3.05, 3.63) is 0 Å². The fraction of sp³-hybridized carbons (Fsp3) is 1.00. The third kappa shape index (κ3) is 0.611. The van der Waals surface area contributed by atoms with Crippen LogP contribution in [-0.2, 0) is 0 Å². The summed E-state index contributed by atoms with van der Waals surface area (Å²) in [6, 6.07) is 0. The van der Waals surface area contributed by atoms with Crippen LogP contribution in [0.2, 0.25) is 0 Å². The molecule has 11 heavy (non-hydrogen) atoms. The Morgan fingerprint density at radius 1 is 1.27 bits per heavy atom. The van der Waals surface area contributed by atoms with Gasteiger partial charge in [-0.3, -0.25) is 0 Å². The second kappa shape index (κ2) is 1.64. The minimum Gasteiger partial charge on any atom is -0.393 e. The van der Waals surface area contributed by atoms with Crippen LogP contribution in [0.3, 0.4) is 0 Å². The molecule has 0 aliphatic heterocycles. The smallest absolute Gasteiger partial charge is 0.0712 e. The molecule has 5 unspecified atom stereocenters. The van der Waals surface area contributed by atoms with Gasteiger partial charge in [0, 0.05) is 0 Å². The molecule has 3 fully saturated rings. The highest BCUT2D eigenvalue weighted by Gasteiger charge is 2.68. The first-order valence-corrected chi connectivity index (χ1v) is 4.62. The van der Waals surface area contributed by atoms with E-state index in [1.165, 1.54) is 0 Å². The van der Waals surface area contributed by atoms with Gasteiger partial charge in [0.25, 0.3) is 0 Å². The van der Waals surface area contributed by atoms with Crippen molar-refractivity contribution in [2.45, 2.75) is 37.4 Å². The maximum absolute atomic E-state index is 9.95. The summed E-state index contributed by atoms with van der Waals surface area (Å²) in [6.07, 6.45) is 3.92. The van der Waals surface area contributed by atoms with E-state index in [0.717, 1.165) is 25.7 Å². The summed E-state index contributed by atoms with van der Waals surface area (Å²) >= 11 is 0. The highest BCUT2D eigenvalue weighted by molar-refractivity contribution is 5.18. The number of aliphatic hydroxyl groups excluding tert-OH is 1. The van der Waals surface area contributed by atoms with Gasteiger partial charge in [-0.1, -0.05) is 0 Å². The van der Waals surface area contributed by atoms with Crippen molar-refractivity contribution in [1.82, 2.24) is 0 Å². The van der Waals surface area contributed by atoms with Crippen LogP contribution >= 0.6 is 0 Å². The van der Waals surface area contributed by atoms with Crippen LogP contribution in [0.4, 0.5) is 0 Å². The van der Waals surface area contributed by atoms with E-state index in [0.29, 0.717) is 17.8 Å². The van der Waals surface area contributed by atoms with Crippen LogP contribution < -0.4 is 0 Å². The second-order valence-corrected chi connectivity index (χ2v) is 4.54. The summed E-state index contributed by atoms with van der Waals surface area (Å²) in [7, 11) is 0. The van der Waals surface area contributed by atoms with Crippen molar-refractivity contribution in [2.24, 2.45) is 17.8 Å². The molecule has 0 aromatic carbocycles. The molecule has 2 bridgehead atoms. The Morgan fingerprint density at radius 3 is 2.82 bits per heavy atom. The molecule has 0 aromatic heterocycles. The fourth-order valence-corrected chi connectivity index (χ4v) is 3.36. The first kappa shape index (κ1) is 6.44. The number of hydrogen-bond acceptors (Lipinski definition) is 2. The maximum Gasteiger partial charge on any atom is 0.0712 e. The molecule has 2 nitrogen and oxygen atoms in total. The first-order chi connectivity index (χ1) is 5.22. The quantitative estimate of drug-likeness (QED) is 0.534. The van der Waals surface area contributed by atoms with Gasteiger partial charge in [0.05, 0.1) is 11.7 Å². The molecule has 2 N–H and O–H groups in total. The fourth-order valence-electron chi connectivity index (χ4n) is 3.36. The zero-order chi connectivity index (χ0) is 7.64. The van der Waals surface area contributed by atoms with Gasteiger partial charge in [-0.25, -0.2) is 0 Å². The van der Waals surface area contributed by atoms with E-state index in [9.17, 15) is 10.2 Å². The lowest BCUT2D eigenvalue weighted by Crippen LogP contribution is -2.27. The molecular weight excluding hydrogens is 140 g/mol. The van der Waals surface area contributed by atoms with Crippen LogP contribution in [0.5, 0.6) is 0 Å². The van der Waals surface area contributed by atoms with Crippen LogP contribution in [0.25, 0.3) is 0 Å². The van der Waals surface area contributed by atoms with Crippen LogP contribution in [0, 0.1) is 17.8 Å². The summed E-state index contributed by atoms with van der Waals surface area (Å²) in [5.74, 6) is 1.43. The van der Waals surface area contributed by atoms with E-state index < -0.39 is 0 Å². The van der Waals surface area contributed by atoms with Gasteiger partial charge in [-0.05, 0) is 43.4 Å². The molecule has 0 aromatic rings. The van der Waals surface area contributed by atoms with Gasteiger partial charge >= 0.3 is 0 Å². The number of fused-ring (bicyclic) bond motifs is 5. The topological polar surface area (TPSA) is 40.5 Å². The molecule has 3 rings (SSSR count). The molecule has 62 valence electrons. The van der Waals surface area contributed by atoms with Gasteiger partial charge in [0.2, 0.25) is 0 Å². The molecule has 3 aliphatic carbocycles. The molecule has 0 radical (unpaired) electrons.